The van der Waals surface area contributed by atoms with Gasteiger partial charge in [-0.1, -0.05) is 6.42 Å². The Balaban J connectivity index is 2.06. The molecule has 6 heteroatoms. The lowest BCUT2D eigenvalue weighted by atomic mass is 9.84. The highest BCUT2D eigenvalue weighted by atomic mass is 32.1. The maximum atomic E-state index is 12.4. The van der Waals surface area contributed by atoms with Gasteiger partial charge in [0.1, 0.15) is 5.01 Å². The summed E-state index contributed by atoms with van der Waals surface area (Å²) in [7, 11) is 1.34. The second kappa shape index (κ2) is 6.35. The number of carbonyl (C=O) groups is 2. The molecule has 5 nitrogen and oxygen atoms in total. The fourth-order valence-corrected chi connectivity index (χ4v) is 2.89. The zero-order chi connectivity index (χ0) is 14.7. The van der Waals surface area contributed by atoms with Gasteiger partial charge in [0.25, 0.3) is 0 Å². The summed E-state index contributed by atoms with van der Waals surface area (Å²) >= 11 is 1.39. The fourth-order valence-electron chi connectivity index (χ4n) is 2.13. The quantitative estimate of drug-likeness (QED) is 0.783. The van der Waals surface area contributed by atoms with Crippen molar-refractivity contribution in [1.29, 1.82) is 0 Å². The van der Waals surface area contributed by atoms with Gasteiger partial charge in [0.05, 0.1) is 13.7 Å². The maximum absolute atomic E-state index is 12.4. The van der Waals surface area contributed by atoms with Crippen LogP contribution in [0.1, 0.15) is 48.6 Å². The molecular weight excluding hydrogens is 276 g/mol. The van der Waals surface area contributed by atoms with Crippen LogP contribution >= 0.6 is 11.3 Å². The predicted octanol–water partition coefficient (Wildman–Crippen LogP) is 2.47. The molecule has 1 aliphatic carbocycles. The third kappa shape index (κ3) is 3.17. The van der Waals surface area contributed by atoms with E-state index >= 15 is 0 Å². The first-order valence-electron chi connectivity index (χ1n) is 6.86. The maximum Gasteiger partial charge on any atom is 0.357 e. The summed E-state index contributed by atoms with van der Waals surface area (Å²) in [5, 5.41) is 2.44. The summed E-state index contributed by atoms with van der Waals surface area (Å²) < 4.78 is 4.64. The summed E-state index contributed by atoms with van der Waals surface area (Å²) in [5.41, 5.74) is 0.312. The van der Waals surface area contributed by atoms with Gasteiger partial charge in [0, 0.05) is 17.3 Å². The Morgan fingerprint density at radius 3 is 2.70 bits per heavy atom. The van der Waals surface area contributed by atoms with E-state index in [1.54, 1.807) is 5.38 Å². The van der Waals surface area contributed by atoms with Crippen LogP contribution in [0.4, 0.5) is 0 Å². The predicted molar refractivity (Wildman–Crippen MR) is 76.5 cm³/mol. The van der Waals surface area contributed by atoms with Gasteiger partial charge >= 0.3 is 5.97 Å². The van der Waals surface area contributed by atoms with E-state index in [4.69, 9.17) is 0 Å². The van der Waals surface area contributed by atoms with Crippen molar-refractivity contribution in [3.63, 3.8) is 0 Å². The monoisotopic (exact) mass is 296 g/mol. The van der Waals surface area contributed by atoms with E-state index in [0.717, 1.165) is 24.3 Å². The van der Waals surface area contributed by atoms with E-state index in [1.807, 2.05) is 18.7 Å². The van der Waals surface area contributed by atoms with E-state index in [0.29, 0.717) is 12.2 Å². The van der Waals surface area contributed by atoms with E-state index in [1.165, 1.54) is 18.4 Å². The molecule has 0 unspecified atom stereocenters. The highest BCUT2D eigenvalue weighted by Gasteiger charge is 2.31. The van der Waals surface area contributed by atoms with Crippen molar-refractivity contribution in [1.82, 2.24) is 9.88 Å². The van der Waals surface area contributed by atoms with Crippen molar-refractivity contribution >= 4 is 23.2 Å². The van der Waals surface area contributed by atoms with Gasteiger partial charge in [-0.2, -0.15) is 0 Å². The number of thiazole rings is 1. The van der Waals surface area contributed by atoms with Crippen molar-refractivity contribution in [3.8, 4) is 0 Å². The number of amides is 1. The van der Waals surface area contributed by atoms with Crippen molar-refractivity contribution in [2.45, 2.75) is 45.7 Å². The van der Waals surface area contributed by atoms with Gasteiger partial charge in [-0.15, -0.1) is 11.3 Å². The Hall–Kier alpha value is -1.43. The lowest BCUT2D eigenvalue weighted by Gasteiger charge is -2.33. The van der Waals surface area contributed by atoms with Crippen LogP contribution in [0.15, 0.2) is 5.38 Å². The fraction of sp³-hybridized carbons (Fsp3) is 0.643. The van der Waals surface area contributed by atoms with Gasteiger partial charge in [-0.3, -0.25) is 4.79 Å². The second-order valence-electron chi connectivity index (χ2n) is 5.31. The topological polar surface area (TPSA) is 59.5 Å². The van der Waals surface area contributed by atoms with E-state index < -0.39 is 5.97 Å². The first kappa shape index (κ1) is 15.0. The van der Waals surface area contributed by atoms with Gasteiger partial charge in [0.15, 0.2) is 5.69 Å². The first-order valence-corrected chi connectivity index (χ1v) is 7.74. The molecule has 0 spiro atoms. The molecule has 0 radical (unpaired) electrons. The molecule has 0 saturated heterocycles. The lowest BCUT2D eigenvalue weighted by Crippen LogP contribution is -2.42. The molecule has 1 saturated carbocycles. The van der Waals surface area contributed by atoms with Crippen LogP contribution in [-0.4, -0.2) is 34.9 Å². The molecular formula is C14H20N2O3S. The van der Waals surface area contributed by atoms with Crippen molar-refractivity contribution < 1.29 is 14.3 Å². The highest BCUT2D eigenvalue weighted by molar-refractivity contribution is 7.09. The number of rotatable bonds is 5. The molecule has 20 heavy (non-hydrogen) atoms. The SMILES string of the molecule is COC(=O)c1csc(CN(C(=O)C2CCC2)C(C)C)n1. The van der Waals surface area contributed by atoms with Crippen LogP contribution in [0.2, 0.25) is 0 Å². The number of hydrogen-bond acceptors (Lipinski definition) is 5. The molecule has 1 fully saturated rings. The number of aromatic nitrogens is 1. The Kier molecular flexibility index (Phi) is 4.75. The molecule has 0 aromatic carbocycles. The molecule has 1 heterocycles. The molecule has 0 atom stereocenters. The van der Waals surface area contributed by atoms with E-state index in [9.17, 15) is 9.59 Å². The van der Waals surface area contributed by atoms with Gasteiger partial charge in [-0.25, -0.2) is 9.78 Å². The number of carbonyl (C=O) groups excluding carboxylic acids is 2. The molecule has 1 amide bonds. The minimum absolute atomic E-state index is 0.133. The highest BCUT2D eigenvalue weighted by Crippen LogP contribution is 2.29. The normalized spacial score (nSPS) is 15.0. The standard InChI is InChI=1S/C14H20N2O3S/c1-9(2)16(13(17)10-5-4-6-10)7-12-15-11(8-20-12)14(18)19-3/h8-10H,4-7H2,1-3H3. The van der Waals surface area contributed by atoms with Crippen LogP contribution in [0.5, 0.6) is 0 Å². The number of hydrogen-bond donors (Lipinski definition) is 0. The van der Waals surface area contributed by atoms with Crippen LogP contribution in [0.25, 0.3) is 0 Å². The lowest BCUT2D eigenvalue weighted by molar-refractivity contribution is -0.140. The van der Waals surface area contributed by atoms with Gasteiger partial charge in [0.2, 0.25) is 5.91 Å². The van der Waals surface area contributed by atoms with Crippen LogP contribution in [0.3, 0.4) is 0 Å². The number of ether oxygens (including phenoxy) is 1. The third-order valence-electron chi connectivity index (χ3n) is 3.61. The molecule has 0 N–H and O–H groups in total. The Labute approximate surface area is 122 Å². The van der Waals surface area contributed by atoms with Crippen molar-refractivity contribution in [2.75, 3.05) is 7.11 Å². The Bertz CT molecular complexity index is 494. The van der Waals surface area contributed by atoms with E-state index in [2.05, 4.69) is 9.72 Å². The Morgan fingerprint density at radius 1 is 1.50 bits per heavy atom. The third-order valence-corrected chi connectivity index (χ3v) is 4.45. The molecule has 0 bridgehead atoms. The van der Waals surface area contributed by atoms with E-state index in [-0.39, 0.29) is 17.9 Å². The molecule has 1 aliphatic rings. The summed E-state index contributed by atoms with van der Waals surface area (Å²) in [5.74, 6) is -0.0487. The van der Waals surface area contributed by atoms with Crippen LogP contribution in [0, 0.1) is 5.92 Å². The summed E-state index contributed by atoms with van der Waals surface area (Å²) in [6.45, 7) is 4.48. The van der Waals surface area contributed by atoms with Crippen LogP contribution < -0.4 is 0 Å². The zero-order valence-electron chi connectivity index (χ0n) is 12.1. The Morgan fingerprint density at radius 2 is 2.20 bits per heavy atom. The summed E-state index contributed by atoms with van der Waals surface area (Å²) in [6.07, 6.45) is 3.13. The zero-order valence-corrected chi connectivity index (χ0v) is 12.9. The minimum atomic E-state index is -0.436. The molecule has 1 aromatic heterocycles. The average Bonchev–Trinajstić information content (AvgIpc) is 2.80. The minimum Gasteiger partial charge on any atom is -0.464 e. The largest absolute Gasteiger partial charge is 0.464 e. The first-order chi connectivity index (χ1) is 9.52. The smallest absolute Gasteiger partial charge is 0.357 e. The van der Waals surface area contributed by atoms with Gasteiger partial charge in [-0.05, 0) is 26.7 Å². The molecule has 0 aliphatic heterocycles. The summed E-state index contributed by atoms with van der Waals surface area (Å²) in [6, 6.07) is 0.133. The molecule has 2 rings (SSSR count). The van der Waals surface area contributed by atoms with Crippen molar-refractivity contribution in [2.24, 2.45) is 5.92 Å². The number of nitrogens with zero attached hydrogens (tertiary/aromatic N) is 2. The average molecular weight is 296 g/mol. The van der Waals surface area contributed by atoms with Crippen LogP contribution in [-0.2, 0) is 16.1 Å². The number of methoxy groups -OCH3 is 1. The van der Waals surface area contributed by atoms with Gasteiger partial charge < -0.3 is 9.64 Å². The number of esters is 1. The molecule has 1 aromatic rings. The summed E-state index contributed by atoms with van der Waals surface area (Å²) in [4.78, 5) is 29.9. The molecule has 110 valence electrons. The van der Waals surface area contributed by atoms with Crippen molar-refractivity contribution in [3.05, 3.63) is 16.1 Å². The second-order valence-corrected chi connectivity index (χ2v) is 6.25.